The summed E-state index contributed by atoms with van der Waals surface area (Å²) in [7, 11) is 0. The average molecular weight is 321 g/mol. The first-order chi connectivity index (χ1) is 10.7. The fourth-order valence-corrected chi connectivity index (χ4v) is 3.12. The van der Waals surface area contributed by atoms with Crippen LogP contribution in [0.2, 0.25) is 5.02 Å². The minimum absolute atomic E-state index is 0.613. The summed E-state index contributed by atoms with van der Waals surface area (Å²) in [5.74, 6) is 1.97. The minimum Gasteiger partial charge on any atom is -0.338 e. The molecule has 1 fully saturated rings. The first-order valence-corrected chi connectivity index (χ1v) is 8.13. The molecule has 2 heterocycles. The number of rotatable bonds is 5. The van der Waals surface area contributed by atoms with Gasteiger partial charge in [0.2, 0.25) is 11.7 Å². The van der Waals surface area contributed by atoms with Crippen LogP contribution in [0.25, 0.3) is 11.4 Å². The average Bonchev–Trinajstić information content (AvgIpc) is 2.97. The molecule has 1 aromatic heterocycles. The quantitative estimate of drug-likeness (QED) is 0.917. The third-order valence-electron chi connectivity index (χ3n) is 4.11. The summed E-state index contributed by atoms with van der Waals surface area (Å²) in [6.07, 6.45) is 3.58. The molecule has 0 radical (unpaired) electrons. The largest absolute Gasteiger partial charge is 0.338 e. The Labute approximate surface area is 135 Å². The molecule has 118 valence electrons. The van der Waals surface area contributed by atoms with Gasteiger partial charge in [-0.2, -0.15) is 4.98 Å². The van der Waals surface area contributed by atoms with Crippen molar-refractivity contribution in [3.05, 3.63) is 35.2 Å². The third-order valence-corrected chi connectivity index (χ3v) is 4.36. The maximum absolute atomic E-state index is 5.89. The fraction of sp³-hybridized carbons (Fsp3) is 0.500. The molecule has 0 bridgehead atoms. The van der Waals surface area contributed by atoms with E-state index in [-0.39, 0.29) is 0 Å². The highest BCUT2D eigenvalue weighted by Gasteiger charge is 2.21. The zero-order chi connectivity index (χ0) is 15.4. The summed E-state index contributed by atoms with van der Waals surface area (Å²) in [5, 5.41) is 4.76. The number of benzene rings is 1. The highest BCUT2D eigenvalue weighted by Crippen LogP contribution is 2.22. The van der Waals surface area contributed by atoms with Gasteiger partial charge in [0.15, 0.2) is 0 Å². The zero-order valence-corrected chi connectivity index (χ0v) is 13.3. The molecule has 1 saturated heterocycles. The van der Waals surface area contributed by atoms with Crippen LogP contribution < -0.4 is 5.73 Å². The molecule has 1 unspecified atom stereocenters. The molecule has 0 amide bonds. The maximum atomic E-state index is 5.89. The van der Waals surface area contributed by atoms with Gasteiger partial charge in [-0.1, -0.05) is 16.8 Å². The van der Waals surface area contributed by atoms with Crippen LogP contribution >= 0.6 is 11.6 Å². The van der Waals surface area contributed by atoms with Crippen molar-refractivity contribution in [2.24, 2.45) is 11.7 Å². The van der Waals surface area contributed by atoms with Gasteiger partial charge in [-0.3, -0.25) is 4.90 Å². The highest BCUT2D eigenvalue weighted by atomic mass is 35.5. The summed E-state index contributed by atoms with van der Waals surface area (Å²) < 4.78 is 5.39. The van der Waals surface area contributed by atoms with Crippen molar-refractivity contribution < 1.29 is 4.52 Å². The standard InChI is InChI=1S/C16H21ClN4O/c17-14-5-3-13(4-6-14)16-19-15(22-20-16)11-21-9-1-2-12(10-21)7-8-18/h3-6,12H,1-2,7-11,18H2. The number of likely N-dealkylation sites (tertiary alicyclic amines) is 1. The lowest BCUT2D eigenvalue weighted by Crippen LogP contribution is -2.35. The number of aromatic nitrogens is 2. The second-order valence-corrected chi connectivity index (χ2v) is 6.28. The molecule has 1 aliphatic rings. The predicted octanol–water partition coefficient (Wildman–Crippen LogP) is 2.95. The van der Waals surface area contributed by atoms with E-state index < -0.39 is 0 Å². The lowest BCUT2D eigenvalue weighted by molar-refractivity contribution is 0.146. The Hall–Kier alpha value is -1.43. The van der Waals surface area contributed by atoms with Crippen LogP contribution in [0.5, 0.6) is 0 Å². The molecule has 3 rings (SSSR count). The van der Waals surface area contributed by atoms with E-state index in [1.165, 1.54) is 12.8 Å². The van der Waals surface area contributed by atoms with Crippen LogP contribution in [0.3, 0.4) is 0 Å². The van der Waals surface area contributed by atoms with Crippen LogP contribution in [0.1, 0.15) is 25.2 Å². The molecule has 0 spiro atoms. The van der Waals surface area contributed by atoms with Gasteiger partial charge in [0.1, 0.15) is 0 Å². The van der Waals surface area contributed by atoms with Crippen molar-refractivity contribution in [3.8, 4) is 11.4 Å². The van der Waals surface area contributed by atoms with E-state index in [2.05, 4.69) is 15.0 Å². The molecule has 6 heteroatoms. The monoisotopic (exact) mass is 320 g/mol. The van der Waals surface area contributed by atoms with E-state index in [1.54, 1.807) is 0 Å². The van der Waals surface area contributed by atoms with E-state index in [0.29, 0.717) is 29.2 Å². The van der Waals surface area contributed by atoms with Gasteiger partial charge in [0, 0.05) is 17.1 Å². The Morgan fingerprint density at radius 2 is 2.14 bits per heavy atom. The van der Waals surface area contributed by atoms with Crippen molar-refractivity contribution in [1.82, 2.24) is 15.0 Å². The lowest BCUT2D eigenvalue weighted by atomic mass is 9.95. The first-order valence-electron chi connectivity index (χ1n) is 7.75. The van der Waals surface area contributed by atoms with Crippen LogP contribution in [-0.2, 0) is 6.54 Å². The maximum Gasteiger partial charge on any atom is 0.241 e. The van der Waals surface area contributed by atoms with Crippen LogP contribution in [0.15, 0.2) is 28.8 Å². The molecule has 1 atom stereocenters. The van der Waals surface area contributed by atoms with Crippen molar-refractivity contribution in [1.29, 1.82) is 0 Å². The van der Waals surface area contributed by atoms with Gasteiger partial charge in [-0.05, 0) is 62.5 Å². The van der Waals surface area contributed by atoms with E-state index in [1.807, 2.05) is 24.3 Å². The minimum atomic E-state index is 0.613. The van der Waals surface area contributed by atoms with Crippen molar-refractivity contribution >= 4 is 11.6 Å². The van der Waals surface area contributed by atoms with Crippen molar-refractivity contribution in [2.75, 3.05) is 19.6 Å². The summed E-state index contributed by atoms with van der Waals surface area (Å²) in [5.41, 5.74) is 6.58. The van der Waals surface area contributed by atoms with Crippen LogP contribution in [-0.4, -0.2) is 34.7 Å². The van der Waals surface area contributed by atoms with E-state index in [0.717, 1.165) is 31.6 Å². The Kier molecular flexibility index (Phi) is 5.08. The first kappa shape index (κ1) is 15.5. The molecule has 0 saturated carbocycles. The molecule has 1 aromatic carbocycles. The summed E-state index contributed by atoms with van der Waals surface area (Å²) in [4.78, 5) is 6.87. The molecule has 22 heavy (non-hydrogen) atoms. The molecular formula is C16H21ClN4O. The Morgan fingerprint density at radius 3 is 2.91 bits per heavy atom. The highest BCUT2D eigenvalue weighted by molar-refractivity contribution is 6.30. The molecule has 0 aliphatic carbocycles. The van der Waals surface area contributed by atoms with E-state index in [4.69, 9.17) is 21.9 Å². The van der Waals surface area contributed by atoms with Gasteiger partial charge in [-0.15, -0.1) is 0 Å². The number of piperidine rings is 1. The predicted molar refractivity (Wildman–Crippen MR) is 86.4 cm³/mol. The van der Waals surface area contributed by atoms with Crippen molar-refractivity contribution in [2.45, 2.75) is 25.8 Å². The molecule has 1 aliphatic heterocycles. The number of nitrogens with two attached hydrogens (primary N) is 1. The van der Waals surface area contributed by atoms with E-state index >= 15 is 0 Å². The lowest BCUT2D eigenvalue weighted by Gasteiger charge is -2.31. The number of nitrogens with zero attached hydrogens (tertiary/aromatic N) is 3. The van der Waals surface area contributed by atoms with Gasteiger partial charge in [-0.25, -0.2) is 0 Å². The van der Waals surface area contributed by atoms with Crippen LogP contribution in [0, 0.1) is 5.92 Å². The van der Waals surface area contributed by atoms with Gasteiger partial charge in [0.05, 0.1) is 6.54 Å². The van der Waals surface area contributed by atoms with Gasteiger partial charge < -0.3 is 10.3 Å². The second-order valence-electron chi connectivity index (χ2n) is 5.84. The normalized spacial score (nSPS) is 19.5. The van der Waals surface area contributed by atoms with Gasteiger partial charge in [0.25, 0.3) is 0 Å². The Bertz CT molecular complexity index is 596. The third kappa shape index (κ3) is 3.85. The molecule has 2 aromatic rings. The molecule has 5 nitrogen and oxygen atoms in total. The Morgan fingerprint density at radius 1 is 1.32 bits per heavy atom. The second kappa shape index (κ2) is 7.22. The van der Waals surface area contributed by atoms with Crippen molar-refractivity contribution in [3.63, 3.8) is 0 Å². The zero-order valence-electron chi connectivity index (χ0n) is 12.5. The SMILES string of the molecule is NCCC1CCCN(Cc2nc(-c3ccc(Cl)cc3)no2)C1. The fourth-order valence-electron chi connectivity index (χ4n) is 2.99. The summed E-state index contributed by atoms with van der Waals surface area (Å²) in [6.45, 7) is 3.62. The molecule has 2 N–H and O–H groups in total. The number of hydrogen-bond acceptors (Lipinski definition) is 5. The Balaban J connectivity index is 1.63. The topological polar surface area (TPSA) is 68.2 Å². The smallest absolute Gasteiger partial charge is 0.241 e. The van der Waals surface area contributed by atoms with Gasteiger partial charge >= 0.3 is 0 Å². The molecular weight excluding hydrogens is 300 g/mol. The summed E-state index contributed by atoms with van der Waals surface area (Å²) in [6, 6.07) is 7.45. The number of halogens is 1. The van der Waals surface area contributed by atoms with E-state index in [9.17, 15) is 0 Å². The summed E-state index contributed by atoms with van der Waals surface area (Å²) >= 11 is 5.89. The van der Waals surface area contributed by atoms with Crippen LogP contribution in [0.4, 0.5) is 0 Å². The number of hydrogen-bond donors (Lipinski definition) is 1.